The summed E-state index contributed by atoms with van der Waals surface area (Å²) in [5.41, 5.74) is 1.75. The van der Waals surface area contributed by atoms with Crippen LogP contribution in [0.3, 0.4) is 0 Å². The van der Waals surface area contributed by atoms with Crippen molar-refractivity contribution in [3.05, 3.63) is 29.9 Å². The van der Waals surface area contributed by atoms with Gasteiger partial charge in [0.05, 0.1) is 5.69 Å². The summed E-state index contributed by atoms with van der Waals surface area (Å²) >= 11 is 1.39. The van der Waals surface area contributed by atoms with Crippen LogP contribution in [-0.4, -0.2) is 22.5 Å². The van der Waals surface area contributed by atoms with E-state index in [0.717, 1.165) is 11.3 Å². The van der Waals surface area contributed by atoms with E-state index in [0.29, 0.717) is 11.7 Å². The molecule has 0 spiro atoms. The minimum Gasteiger partial charge on any atom is -0.338 e. The molecule has 0 bridgehead atoms. The van der Waals surface area contributed by atoms with Crippen LogP contribution in [0, 0.1) is 0 Å². The molecular formula is C11H12N4OS. The maximum atomic E-state index is 11.3. The Kier molecular flexibility index (Phi) is 3.66. The fourth-order valence-corrected chi connectivity index (χ4v) is 1.99. The first-order valence-electron chi connectivity index (χ1n) is 5.20. The summed E-state index contributed by atoms with van der Waals surface area (Å²) in [6, 6.07) is 3.54. The standard InChI is InChI=1S/C11H12N4OS/c1-2-13-10(16)15-11-14-9(7-17-11)8-4-3-5-12-6-8/h3-7H,2H2,1H3,(H2,13,14,15,16). The van der Waals surface area contributed by atoms with Crippen LogP contribution in [0.4, 0.5) is 9.93 Å². The van der Waals surface area contributed by atoms with Crippen molar-refractivity contribution in [3.8, 4) is 11.3 Å². The highest BCUT2D eigenvalue weighted by atomic mass is 32.1. The molecule has 0 saturated carbocycles. The summed E-state index contributed by atoms with van der Waals surface area (Å²) < 4.78 is 0. The summed E-state index contributed by atoms with van der Waals surface area (Å²) in [5, 5.41) is 7.78. The minimum atomic E-state index is -0.236. The Bertz CT molecular complexity index is 497. The third-order valence-corrected chi connectivity index (χ3v) is 2.78. The van der Waals surface area contributed by atoms with Crippen LogP contribution in [-0.2, 0) is 0 Å². The van der Waals surface area contributed by atoms with Gasteiger partial charge in [-0.25, -0.2) is 9.78 Å². The van der Waals surface area contributed by atoms with Crippen molar-refractivity contribution in [2.24, 2.45) is 0 Å². The molecule has 0 saturated heterocycles. The van der Waals surface area contributed by atoms with Gasteiger partial charge in [-0.3, -0.25) is 10.3 Å². The van der Waals surface area contributed by atoms with E-state index in [4.69, 9.17) is 0 Å². The SMILES string of the molecule is CCNC(=O)Nc1nc(-c2cccnc2)cs1. The lowest BCUT2D eigenvalue weighted by atomic mass is 10.2. The molecule has 6 heteroatoms. The van der Waals surface area contributed by atoms with E-state index in [9.17, 15) is 4.79 Å². The molecular weight excluding hydrogens is 236 g/mol. The number of carbonyl (C=O) groups excluding carboxylic acids is 1. The van der Waals surface area contributed by atoms with Gasteiger partial charge < -0.3 is 5.32 Å². The third kappa shape index (κ3) is 3.01. The maximum Gasteiger partial charge on any atom is 0.321 e. The van der Waals surface area contributed by atoms with Crippen LogP contribution < -0.4 is 10.6 Å². The Hall–Kier alpha value is -1.95. The average Bonchev–Trinajstić information content (AvgIpc) is 2.79. The van der Waals surface area contributed by atoms with E-state index in [1.165, 1.54) is 11.3 Å². The Labute approximate surface area is 103 Å². The van der Waals surface area contributed by atoms with Crippen LogP contribution >= 0.6 is 11.3 Å². The number of amides is 2. The molecule has 88 valence electrons. The van der Waals surface area contributed by atoms with Crippen LogP contribution in [0.5, 0.6) is 0 Å². The first kappa shape index (κ1) is 11.5. The van der Waals surface area contributed by atoms with Gasteiger partial charge in [0, 0.05) is 29.9 Å². The Balaban J connectivity index is 2.09. The molecule has 17 heavy (non-hydrogen) atoms. The molecule has 0 aliphatic carbocycles. The molecule has 0 radical (unpaired) electrons. The lowest BCUT2D eigenvalue weighted by Gasteiger charge is -2.00. The molecule has 2 heterocycles. The van der Waals surface area contributed by atoms with Crippen molar-refractivity contribution in [1.29, 1.82) is 0 Å². The van der Waals surface area contributed by atoms with Crippen molar-refractivity contribution >= 4 is 22.5 Å². The van der Waals surface area contributed by atoms with Crippen LogP contribution in [0.1, 0.15) is 6.92 Å². The van der Waals surface area contributed by atoms with Gasteiger partial charge in [-0.1, -0.05) is 0 Å². The monoisotopic (exact) mass is 248 g/mol. The van der Waals surface area contributed by atoms with Gasteiger partial charge in [0.2, 0.25) is 0 Å². The minimum absolute atomic E-state index is 0.236. The summed E-state index contributed by atoms with van der Waals surface area (Å²) in [5.74, 6) is 0. The second kappa shape index (κ2) is 5.40. The Morgan fingerprint density at radius 1 is 1.53 bits per heavy atom. The molecule has 5 nitrogen and oxygen atoms in total. The number of hydrogen-bond donors (Lipinski definition) is 2. The highest BCUT2D eigenvalue weighted by Gasteiger charge is 2.06. The molecule has 0 aromatic carbocycles. The topological polar surface area (TPSA) is 66.9 Å². The van der Waals surface area contributed by atoms with Crippen molar-refractivity contribution in [2.75, 3.05) is 11.9 Å². The predicted octanol–water partition coefficient (Wildman–Crippen LogP) is 2.35. The lowest BCUT2D eigenvalue weighted by molar-refractivity contribution is 0.252. The quantitative estimate of drug-likeness (QED) is 0.876. The number of pyridine rings is 1. The normalized spacial score (nSPS) is 9.94. The fourth-order valence-electron chi connectivity index (χ4n) is 1.28. The van der Waals surface area contributed by atoms with Gasteiger partial charge in [0.1, 0.15) is 0 Å². The molecule has 2 N–H and O–H groups in total. The molecule has 2 amide bonds. The fraction of sp³-hybridized carbons (Fsp3) is 0.182. The van der Waals surface area contributed by atoms with Crippen molar-refractivity contribution in [3.63, 3.8) is 0 Å². The van der Waals surface area contributed by atoms with E-state index in [1.807, 2.05) is 24.4 Å². The first-order chi connectivity index (χ1) is 8.29. The number of urea groups is 1. The largest absolute Gasteiger partial charge is 0.338 e. The Morgan fingerprint density at radius 2 is 2.41 bits per heavy atom. The third-order valence-electron chi connectivity index (χ3n) is 2.02. The summed E-state index contributed by atoms with van der Waals surface area (Å²) in [6.07, 6.45) is 3.45. The smallest absolute Gasteiger partial charge is 0.321 e. The van der Waals surface area contributed by atoms with Gasteiger partial charge >= 0.3 is 6.03 Å². The van der Waals surface area contributed by atoms with Gasteiger partial charge in [-0.2, -0.15) is 0 Å². The lowest BCUT2D eigenvalue weighted by Crippen LogP contribution is -2.28. The van der Waals surface area contributed by atoms with E-state index in [-0.39, 0.29) is 6.03 Å². The number of carbonyl (C=O) groups is 1. The number of nitrogens with one attached hydrogen (secondary N) is 2. The predicted molar refractivity (Wildman–Crippen MR) is 68.0 cm³/mol. The van der Waals surface area contributed by atoms with E-state index >= 15 is 0 Å². The zero-order valence-corrected chi connectivity index (χ0v) is 10.1. The number of nitrogens with zero attached hydrogens (tertiary/aromatic N) is 2. The zero-order chi connectivity index (χ0) is 12.1. The number of aromatic nitrogens is 2. The number of rotatable bonds is 3. The van der Waals surface area contributed by atoms with Gasteiger partial charge in [-0.05, 0) is 19.1 Å². The van der Waals surface area contributed by atoms with Crippen LogP contribution in [0.15, 0.2) is 29.9 Å². The van der Waals surface area contributed by atoms with Crippen molar-refractivity contribution < 1.29 is 4.79 Å². The molecule has 2 aromatic heterocycles. The molecule has 2 rings (SSSR count). The number of anilines is 1. The molecule has 0 unspecified atom stereocenters. The van der Waals surface area contributed by atoms with Gasteiger partial charge in [-0.15, -0.1) is 11.3 Å². The maximum absolute atomic E-state index is 11.3. The zero-order valence-electron chi connectivity index (χ0n) is 9.30. The van der Waals surface area contributed by atoms with E-state index in [1.54, 1.807) is 12.4 Å². The molecule has 0 atom stereocenters. The highest BCUT2D eigenvalue weighted by Crippen LogP contribution is 2.23. The summed E-state index contributed by atoms with van der Waals surface area (Å²) in [4.78, 5) is 19.6. The summed E-state index contributed by atoms with van der Waals surface area (Å²) in [6.45, 7) is 2.45. The van der Waals surface area contributed by atoms with E-state index in [2.05, 4.69) is 20.6 Å². The first-order valence-corrected chi connectivity index (χ1v) is 6.08. The summed E-state index contributed by atoms with van der Waals surface area (Å²) in [7, 11) is 0. The van der Waals surface area contributed by atoms with Crippen LogP contribution in [0.25, 0.3) is 11.3 Å². The Morgan fingerprint density at radius 3 is 3.12 bits per heavy atom. The van der Waals surface area contributed by atoms with Crippen molar-refractivity contribution in [1.82, 2.24) is 15.3 Å². The number of hydrogen-bond acceptors (Lipinski definition) is 4. The molecule has 0 aliphatic heterocycles. The van der Waals surface area contributed by atoms with Crippen LogP contribution in [0.2, 0.25) is 0 Å². The van der Waals surface area contributed by atoms with Crippen molar-refractivity contribution in [2.45, 2.75) is 6.92 Å². The average molecular weight is 248 g/mol. The molecule has 0 fully saturated rings. The van der Waals surface area contributed by atoms with Gasteiger partial charge in [0.15, 0.2) is 5.13 Å². The molecule has 2 aromatic rings. The van der Waals surface area contributed by atoms with Gasteiger partial charge in [0.25, 0.3) is 0 Å². The van der Waals surface area contributed by atoms with E-state index < -0.39 is 0 Å². The highest BCUT2D eigenvalue weighted by molar-refractivity contribution is 7.14. The molecule has 0 aliphatic rings. The number of thiazole rings is 1. The second-order valence-electron chi connectivity index (χ2n) is 3.26. The second-order valence-corrected chi connectivity index (χ2v) is 4.12.